The highest BCUT2D eigenvalue weighted by atomic mass is 79.9. The first-order chi connectivity index (χ1) is 12.1. The molecule has 3 N–H and O–H groups in total. The van der Waals surface area contributed by atoms with Crippen LogP contribution in [0.4, 0.5) is 0 Å². The molecule has 0 aliphatic carbocycles. The van der Waals surface area contributed by atoms with E-state index in [1.807, 2.05) is 0 Å². The molecule has 0 saturated heterocycles. The van der Waals surface area contributed by atoms with Gasteiger partial charge < -0.3 is 24.8 Å². The molecule has 0 radical (unpaired) electrons. The van der Waals surface area contributed by atoms with Crippen LogP contribution in [0.2, 0.25) is 0 Å². The molecular formula is C15H16Br4O7. The number of hydrogen-bond acceptors (Lipinski definition) is 6. The van der Waals surface area contributed by atoms with Crippen LogP contribution in [0.1, 0.15) is 34.1 Å². The van der Waals surface area contributed by atoms with Gasteiger partial charge in [0.2, 0.25) is 0 Å². The molecule has 7 nitrogen and oxygen atoms in total. The summed E-state index contributed by atoms with van der Waals surface area (Å²) < 4.78 is 11.8. The highest BCUT2D eigenvalue weighted by molar-refractivity contribution is 9.15. The Morgan fingerprint density at radius 2 is 1.58 bits per heavy atom. The van der Waals surface area contributed by atoms with Gasteiger partial charge in [-0.3, -0.25) is 0 Å². The van der Waals surface area contributed by atoms with Crippen LogP contribution in [0.25, 0.3) is 0 Å². The fourth-order valence-corrected chi connectivity index (χ4v) is 4.50. The van der Waals surface area contributed by atoms with Crippen molar-refractivity contribution in [2.24, 2.45) is 0 Å². The molecule has 146 valence electrons. The summed E-state index contributed by atoms with van der Waals surface area (Å²) in [7, 11) is 0. The summed E-state index contributed by atoms with van der Waals surface area (Å²) in [6.45, 7) is 1.15. The molecule has 0 heterocycles. The Labute approximate surface area is 183 Å². The molecule has 0 amide bonds. The maximum absolute atomic E-state index is 12.5. The SMILES string of the molecule is CC(O)CC(COC(=O)c1c(Br)c(Br)c(Br)c(Br)c1C(=O)O)OCCO. The molecule has 0 fully saturated rings. The second-order valence-electron chi connectivity index (χ2n) is 5.21. The maximum Gasteiger partial charge on any atom is 0.340 e. The number of halogens is 4. The van der Waals surface area contributed by atoms with Gasteiger partial charge in [0.25, 0.3) is 0 Å². The number of carboxylic acid groups (broad SMARTS) is 1. The summed E-state index contributed by atoms with van der Waals surface area (Å²) in [6, 6.07) is 0. The number of aliphatic hydroxyl groups excluding tert-OH is 2. The Hall–Kier alpha value is -0.0400. The Morgan fingerprint density at radius 1 is 1.04 bits per heavy atom. The highest BCUT2D eigenvalue weighted by Crippen LogP contribution is 2.42. The summed E-state index contributed by atoms with van der Waals surface area (Å²) >= 11 is 12.9. The molecule has 26 heavy (non-hydrogen) atoms. The standard InChI is InChI=1S/C15H16Br4O7/c1-6(21)4-7(25-3-2-20)5-26-15(24)9-8(14(22)23)10(16)12(18)13(19)11(9)17/h6-7,20-21H,2-5H2,1H3,(H,22,23). The maximum atomic E-state index is 12.5. The number of benzene rings is 1. The van der Waals surface area contributed by atoms with E-state index in [1.165, 1.54) is 0 Å². The number of ether oxygens (including phenoxy) is 2. The lowest BCUT2D eigenvalue weighted by Gasteiger charge is -2.20. The van der Waals surface area contributed by atoms with Crippen LogP contribution in [-0.2, 0) is 9.47 Å². The van der Waals surface area contributed by atoms with Crippen molar-refractivity contribution in [3.8, 4) is 0 Å². The molecule has 2 atom stereocenters. The third kappa shape index (κ3) is 6.25. The minimum absolute atomic E-state index is 0.0222. The van der Waals surface area contributed by atoms with Gasteiger partial charge in [-0.15, -0.1) is 0 Å². The quantitative estimate of drug-likeness (QED) is 0.217. The van der Waals surface area contributed by atoms with E-state index < -0.39 is 24.1 Å². The van der Waals surface area contributed by atoms with Gasteiger partial charge >= 0.3 is 11.9 Å². The third-order valence-corrected chi connectivity index (χ3v) is 7.90. The topological polar surface area (TPSA) is 113 Å². The Morgan fingerprint density at radius 3 is 2.04 bits per heavy atom. The van der Waals surface area contributed by atoms with Gasteiger partial charge in [0.05, 0.1) is 36.5 Å². The van der Waals surface area contributed by atoms with Crippen LogP contribution in [0, 0.1) is 0 Å². The number of carbonyl (C=O) groups is 2. The number of aromatic carboxylic acids is 1. The molecule has 0 aliphatic rings. The van der Waals surface area contributed by atoms with Gasteiger partial charge in [0, 0.05) is 24.3 Å². The molecule has 1 aromatic rings. The van der Waals surface area contributed by atoms with Gasteiger partial charge in [0.1, 0.15) is 6.61 Å². The molecule has 0 bridgehead atoms. The molecule has 1 rings (SSSR count). The van der Waals surface area contributed by atoms with Gasteiger partial charge in [-0.1, -0.05) is 0 Å². The second-order valence-corrected chi connectivity index (χ2v) is 8.38. The second kappa shape index (κ2) is 11.1. The molecular weight excluding hydrogens is 612 g/mol. The summed E-state index contributed by atoms with van der Waals surface area (Å²) in [6.07, 6.45) is -1.15. The molecule has 0 spiro atoms. The molecule has 1 aromatic carbocycles. The van der Waals surface area contributed by atoms with Crippen molar-refractivity contribution in [1.29, 1.82) is 0 Å². The van der Waals surface area contributed by atoms with E-state index in [2.05, 4.69) is 63.7 Å². The van der Waals surface area contributed by atoms with E-state index in [-0.39, 0.29) is 46.3 Å². The number of carboxylic acids is 1. The van der Waals surface area contributed by atoms with E-state index in [1.54, 1.807) is 6.92 Å². The van der Waals surface area contributed by atoms with E-state index in [4.69, 9.17) is 14.6 Å². The summed E-state index contributed by atoms with van der Waals surface area (Å²) in [5, 5.41) is 27.8. The van der Waals surface area contributed by atoms with Gasteiger partial charge in [0.15, 0.2) is 0 Å². The first-order valence-corrected chi connectivity index (χ1v) is 10.5. The largest absolute Gasteiger partial charge is 0.478 e. The Bertz CT molecular complexity index is 679. The van der Waals surface area contributed by atoms with Crippen molar-refractivity contribution in [1.82, 2.24) is 0 Å². The van der Waals surface area contributed by atoms with Crippen molar-refractivity contribution in [2.75, 3.05) is 19.8 Å². The smallest absolute Gasteiger partial charge is 0.340 e. The first-order valence-electron chi connectivity index (χ1n) is 7.28. The predicted molar refractivity (Wildman–Crippen MR) is 108 cm³/mol. The fraction of sp³-hybridized carbons (Fsp3) is 0.467. The number of hydrogen-bond donors (Lipinski definition) is 3. The number of carbonyl (C=O) groups excluding carboxylic acids is 1. The molecule has 0 aromatic heterocycles. The van der Waals surface area contributed by atoms with Crippen LogP contribution in [0.5, 0.6) is 0 Å². The van der Waals surface area contributed by atoms with Crippen LogP contribution >= 0.6 is 63.7 Å². The van der Waals surface area contributed by atoms with Gasteiger partial charge in [-0.25, -0.2) is 9.59 Å². The van der Waals surface area contributed by atoms with Crippen LogP contribution in [0.15, 0.2) is 17.9 Å². The Kier molecular flexibility index (Phi) is 10.2. The monoisotopic (exact) mass is 624 g/mol. The number of aliphatic hydroxyl groups is 2. The molecule has 0 aliphatic heterocycles. The van der Waals surface area contributed by atoms with Crippen molar-refractivity contribution >= 4 is 75.7 Å². The van der Waals surface area contributed by atoms with Crippen molar-refractivity contribution in [3.05, 3.63) is 29.0 Å². The average molecular weight is 628 g/mol. The predicted octanol–water partition coefficient (Wildman–Crippen LogP) is 3.74. The number of rotatable bonds is 9. The molecule has 0 saturated carbocycles. The van der Waals surface area contributed by atoms with E-state index in [0.717, 1.165) is 0 Å². The minimum atomic E-state index is -1.31. The fourth-order valence-electron chi connectivity index (χ4n) is 2.05. The zero-order valence-electron chi connectivity index (χ0n) is 13.5. The van der Waals surface area contributed by atoms with Crippen molar-refractivity contribution in [2.45, 2.75) is 25.6 Å². The van der Waals surface area contributed by atoms with Crippen molar-refractivity contribution in [3.63, 3.8) is 0 Å². The lowest BCUT2D eigenvalue weighted by molar-refractivity contribution is -0.0364. The third-order valence-electron chi connectivity index (χ3n) is 3.13. The average Bonchev–Trinajstić information content (AvgIpc) is 2.57. The van der Waals surface area contributed by atoms with Gasteiger partial charge in [-0.2, -0.15) is 0 Å². The van der Waals surface area contributed by atoms with Crippen LogP contribution < -0.4 is 0 Å². The van der Waals surface area contributed by atoms with E-state index >= 15 is 0 Å². The zero-order chi connectivity index (χ0) is 20.0. The summed E-state index contributed by atoms with van der Waals surface area (Å²) in [5.74, 6) is -2.18. The highest BCUT2D eigenvalue weighted by Gasteiger charge is 2.29. The minimum Gasteiger partial charge on any atom is -0.478 e. The summed E-state index contributed by atoms with van der Waals surface area (Å²) in [5.41, 5.74) is -0.433. The van der Waals surface area contributed by atoms with Crippen molar-refractivity contribution < 1.29 is 34.4 Å². The van der Waals surface area contributed by atoms with E-state index in [9.17, 15) is 19.8 Å². The molecule has 11 heteroatoms. The van der Waals surface area contributed by atoms with Crippen LogP contribution in [-0.4, -0.2) is 59.3 Å². The lowest BCUT2D eigenvalue weighted by Crippen LogP contribution is -2.27. The normalized spacial score (nSPS) is 13.3. The zero-order valence-corrected chi connectivity index (χ0v) is 19.8. The Balaban J connectivity index is 3.11. The van der Waals surface area contributed by atoms with Gasteiger partial charge in [-0.05, 0) is 70.6 Å². The lowest BCUT2D eigenvalue weighted by atomic mass is 10.1. The molecule has 2 unspecified atom stereocenters. The summed E-state index contributed by atoms with van der Waals surface area (Å²) in [4.78, 5) is 24.1. The van der Waals surface area contributed by atoms with E-state index in [0.29, 0.717) is 8.95 Å². The first kappa shape index (κ1) is 24.0. The van der Waals surface area contributed by atoms with Crippen LogP contribution in [0.3, 0.4) is 0 Å². The number of esters is 1.